The number of hydrogen-bond acceptors (Lipinski definition) is 11. The molecule has 46 heavy (non-hydrogen) atoms. The summed E-state index contributed by atoms with van der Waals surface area (Å²) in [6.07, 6.45) is 1.70. The van der Waals surface area contributed by atoms with Crippen LogP contribution in [0.2, 0.25) is 0 Å². The maximum atomic E-state index is 12.5. The average molecular weight is 714 g/mol. The smallest absolute Gasteiger partial charge is 0.226 e. The third-order valence-corrected chi connectivity index (χ3v) is 8.92. The summed E-state index contributed by atoms with van der Waals surface area (Å²) >= 11 is 5.91. The first-order valence-electron chi connectivity index (χ1n) is 13.9. The second kappa shape index (κ2) is 14.4. The molecule has 0 unspecified atom stereocenters. The van der Waals surface area contributed by atoms with Gasteiger partial charge in [-0.05, 0) is 66.2 Å². The number of nitrogens with one attached hydrogen (secondary N) is 3. The minimum atomic E-state index is -0.340. The number of amides is 2. The van der Waals surface area contributed by atoms with Crippen molar-refractivity contribution in [3.8, 4) is 38.0 Å². The zero-order valence-corrected chi connectivity index (χ0v) is 27.4. The molecule has 230 valence electrons. The summed E-state index contributed by atoms with van der Waals surface area (Å²) in [5.74, 6) is 0.844. The number of carbonyl (C=O) groups excluding carboxylic acids is 2. The normalized spacial score (nSPS) is 10.7. The van der Waals surface area contributed by atoms with Crippen LogP contribution in [0.4, 0.5) is 21.8 Å². The topological polar surface area (TPSA) is 144 Å². The van der Waals surface area contributed by atoms with E-state index in [9.17, 15) is 9.59 Å². The molecule has 3 aromatic heterocycles. The molecule has 0 aliphatic heterocycles. The van der Waals surface area contributed by atoms with Crippen LogP contribution in [0.25, 0.3) is 32.3 Å². The zero-order valence-electron chi connectivity index (χ0n) is 24.2. The summed E-state index contributed by atoms with van der Waals surface area (Å²) < 4.78 is 6.23. The third-order valence-electron chi connectivity index (χ3n) is 6.62. The molecule has 0 fully saturated rings. The summed E-state index contributed by atoms with van der Waals surface area (Å²) in [6.45, 7) is 0. The molecule has 0 atom stereocenters. The Hall–Kier alpha value is -5.05. The Kier molecular flexibility index (Phi) is 9.67. The van der Waals surface area contributed by atoms with Gasteiger partial charge in [0, 0.05) is 45.9 Å². The molecule has 6 aromatic rings. The fourth-order valence-corrected chi connectivity index (χ4v) is 6.10. The highest BCUT2D eigenvalue weighted by atomic mass is 79.9. The number of halogens is 1. The van der Waals surface area contributed by atoms with E-state index in [4.69, 9.17) is 4.74 Å². The van der Waals surface area contributed by atoms with E-state index >= 15 is 0 Å². The SMILES string of the molecule is COc1ccc(-c2cccnc2Nc2ccc(-c3nnc(NC(=O)CCC(=O)Nc4nnc(-c5ccc(Br)cc5)s4)s3)cc2)cc1. The maximum absolute atomic E-state index is 12.5. The molecule has 2 amide bonds. The molecule has 3 N–H and O–H groups in total. The highest BCUT2D eigenvalue weighted by Crippen LogP contribution is 2.32. The molecular formula is C32H25BrN8O3S2. The Balaban J connectivity index is 1.00. The van der Waals surface area contributed by atoms with E-state index in [1.807, 2.05) is 84.9 Å². The lowest BCUT2D eigenvalue weighted by Gasteiger charge is -2.12. The second-order valence-corrected chi connectivity index (χ2v) is 12.6. The Bertz CT molecular complexity index is 1960. The van der Waals surface area contributed by atoms with Crippen molar-refractivity contribution in [2.24, 2.45) is 0 Å². The summed E-state index contributed by atoms with van der Waals surface area (Å²) in [7, 11) is 1.64. The molecule has 0 saturated carbocycles. The van der Waals surface area contributed by atoms with Gasteiger partial charge >= 0.3 is 0 Å². The number of methoxy groups -OCH3 is 1. The van der Waals surface area contributed by atoms with Crippen molar-refractivity contribution in [1.29, 1.82) is 0 Å². The first-order chi connectivity index (χ1) is 22.4. The zero-order chi connectivity index (χ0) is 31.9. The third kappa shape index (κ3) is 7.77. The number of aromatic nitrogens is 5. The lowest BCUT2D eigenvalue weighted by Crippen LogP contribution is -2.17. The van der Waals surface area contributed by atoms with Crippen molar-refractivity contribution >= 4 is 72.2 Å². The quantitative estimate of drug-likeness (QED) is 0.123. The first kappa shape index (κ1) is 31.0. The van der Waals surface area contributed by atoms with Crippen molar-refractivity contribution in [2.45, 2.75) is 12.8 Å². The molecule has 0 aliphatic carbocycles. The predicted molar refractivity (Wildman–Crippen MR) is 184 cm³/mol. The Morgan fingerprint density at radius 2 is 1.26 bits per heavy atom. The van der Waals surface area contributed by atoms with Gasteiger partial charge in [-0.3, -0.25) is 9.59 Å². The molecule has 3 aromatic carbocycles. The molecule has 14 heteroatoms. The van der Waals surface area contributed by atoms with Crippen molar-refractivity contribution in [3.05, 3.63) is 95.6 Å². The van der Waals surface area contributed by atoms with E-state index in [-0.39, 0.29) is 24.7 Å². The minimum Gasteiger partial charge on any atom is -0.497 e. The van der Waals surface area contributed by atoms with E-state index < -0.39 is 0 Å². The van der Waals surface area contributed by atoms with Crippen molar-refractivity contribution in [1.82, 2.24) is 25.4 Å². The van der Waals surface area contributed by atoms with Gasteiger partial charge in [0.25, 0.3) is 0 Å². The molecule has 0 aliphatic rings. The van der Waals surface area contributed by atoms with E-state index in [2.05, 4.69) is 57.3 Å². The summed E-state index contributed by atoms with van der Waals surface area (Å²) in [5.41, 5.74) is 4.57. The van der Waals surface area contributed by atoms with Crippen molar-refractivity contribution in [2.75, 3.05) is 23.1 Å². The van der Waals surface area contributed by atoms with Gasteiger partial charge in [-0.25, -0.2) is 4.98 Å². The lowest BCUT2D eigenvalue weighted by molar-refractivity contribution is -0.121. The van der Waals surface area contributed by atoms with Crippen LogP contribution in [0.3, 0.4) is 0 Å². The van der Waals surface area contributed by atoms with Gasteiger partial charge in [0.05, 0.1) is 7.11 Å². The van der Waals surface area contributed by atoms with Gasteiger partial charge in [0.15, 0.2) is 0 Å². The van der Waals surface area contributed by atoms with Gasteiger partial charge in [0.2, 0.25) is 22.1 Å². The Labute approximate surface area is 280 Å². The molecule has 3 heterocycles. The second-order valence-electron chi connectivity index (χ2n) is 9.76. The van der Waals surface area contributed by atoms with Gasteiger partial charge in [-0.2, -0.15) is 0 Å². The van der Waals surface area contributed by atoms with E-state index in [1.165, 1.54) is 22.7 Å². The van der Waals surface area contributed by atoms with Crippen LogP contribution in [0, 0.1) is 0 Å². The van der Waals surface area contributed by atoms with Crippen LogP contribution in [0.1, 0.15) is 12.8 Å². The largest absolute Gasteiger partial charge is 0.497 e. The van der Waals surface area contributed by atoms with Crippen LogP contribution >= 0.6 is 38.6 Å². The molecule has 0 saturated heterocycles. The number of carbonyl (C=O) groups is 2. The molecule has 6 rings (SSSR count). The number of anilines is 4. The number of nitrogens with zero attached hydrogens (tertiary/aromatic N) is 5. The fraction of sp³-hybridized carbons (Fsp3) is 0.0938. The van der Waals surface area contributed by atoms with Crippen molar-refractivity contribution < 1.29 is 14.3 Å². The van der Waals surface area contributed by atoms with Crippen LogP contribution in [-0.2, 0) is 9.59 Å². The number of ether oxygens (including phenoxy) is 1. The predicted octanol–water partition coefficient (Wildman–Crippen LogP) is 7.66. The van der Waals surface area contributed by atoms with Gasteiger partial charge in [-0.1, -0.05) is 62.9 Å². The highest BCUT2D eigenvalue weighted by Gasteiger charge is 2.14. The molecule has 0 spiro atoms. The fourth-order valence-electron chi connectivity index (χ4n) is 4.31. The Morgan fingerprint density at radius 3 is 1.83 bits per heavy atom. The standard InChI is InChI=1S/C32H25BrN8O3S2/c1-44-24-14-8-19(9-15-24)25-3-2-18-34-28(25)35-23-12-6-21(7-13-23)30-39-41-32(46-30)37-27(43)17-16-26(42)36-31-40-38-29(45-31)20-4-10-22(33)11-5-20/h2-15,18H,16-17H2,1H3,(H,34,35)(H,36,40,42)(H,37,41,43). The summed E-state index contributed by atoms with van der Waals surface area (Å²) in [5, 5.41) is 27.3. The maximum Gasteiger partial charge on any atom is 0.226 e. The average Bonchev–Trinajstić information content (AvgIpc) is 3.75. The van der Waals surface area contributed by atoms with Crippen LogP contribution in [-0.4, -0.2) is 44.3 Å². The van der Waals surface area contributed by atoms with Crippen LogP contribution in [0.5, 0.6) is 5.75 Å². The number of rotatable bonds is 11. The highest BCUT2D eigenvalue weighted by molar-refractivity contribution is 9.10. The number of benzene rings is 3. The molecule has 11 nitrogen and oxygen atoms in total. The van der Waals surface area contributed by atoms with Crippen molar-refractivity contribution in [3.63, 3.8) is 0 Å². The lowest BCUT2D eigenvalue weighted by atomic mass is 10.1. The van der Waals surface area contributed by atoms with E-state index in [1.54, 1.807) is 13.3 Å². The van der Waals surface area contributed by atoms with Crippen LogP contribution < -0.4 is 20.7 Å². The van der Waals surface area contributed by atoms with Gasteiger partial charge < -0.3 is 20.7 Å². The minimum absolute atomic E-state index is 0.0182. The number of pyridine rings is 1. The van der Waals surface area contributed by atoms with Gasteiger partial charge in [-0.15, -0.1) is 20.4 Å². The first-order valence-corrected chi connectivity index (χ1v) is 16.4. The van der Waals surface area contributed by atoms with Gasteiger partial charge in [0.1, 0.15) is 21.6 Å². The molecular weight excluding hydrogens is 688 g/mol. The number of hydrogen-bond donors (Lipinski definition) is 3. The van der Waals surface area contributed by atoms with E-state index in [0.29, 0.717) is 20.3 Å². The van der Waals surface area contributed by atoms with Crippen LogP contribution in [0.15, 0.2) is 95.6 Å². The summed E-state index contributed by atoms with van der Waals surface area (Å²) in [6, 6.07) is 27.1. The Morgan fingerprint density at radius 1 is 0.717 bits per heavy atom. The van der Waals surface area contributed by atoms with E-state index in [0.717, 1.165) is 44.0 Å². The monoisotopic (exact) mass is 712 g/mol. The molecule has 0 radical (unpaired) electrons. The summed E-state index contributed by atoms with van der Waals surface area (Å²) in [4.78, 5) is 29.5. The molecule has 0 bridgehead atoms.